The zero-order chi connectivity index (χ0) is 14.4. The summed E-state index contributed by atoms with van der Waals surface area (Å²) in [4.78, 5) is 0. The third-order valence-corrected chi connectivity index (χ3v) is 3.27. The summed E-state index contributed by atoms with van der Waals surface area (Å²) < 4.78 is 5.90. The molecule has 0 bridgehead atoms. The van der Waals surface area contributed by atoms with E-state index in [2.05, 4.69) is 24.4 Å². The van der Waals surface area contributed by atoms with E-state index in [0.29, 0.717) is 12.2 Å². The smallest absolute Gasteiger partial charge is 0.124 e. The number of ether oxygens (including phenoxy) is 1. The Morgan fingerprint density at radius 3 is 2.75 bits per heavy atom. The van der Waals surface area contributed by atoms with Gasteiger partial charge in [-0.1, -0.05) is 30.3 Å². The third kappa shape index (κ3) is 3.37. The molecule has 20 heavy (non-hydrogen) atoms. The van der Waals surface area contributed by atoms with Crippen LogP contribution in [0.25, 0.3) is 0 Å². The number of hydrogen-bond acceptors (Lipinski definition) is 3. The quantitative estimate of drug-likeness (QED) is 0.902. The van der Waals surface area contributed by atoms with E-state index in [1.807, 2.05) is 43.4 Å². The maximum absolute atomic E-state index is 8.90. The van der Waals surface area contributed by atoms with Crippen molar-refractivity contribution in [1.82, 2.24) is 5.32 Å². The van der Waals surface area contributed by atoms with E-state index in [0.717, 1.165) is 16.9 Å². The van der Waals surface area contributed by atoms with Gasteiger partial charge >= 0.3 is 0 Å². The van der Waals surface area contributed by atoms with E-state index in [1.165, 1.54) is 0 Å². The molecule has 1 unspecified atom stereocenters. The first kappa shape index (κ1) is 14.1. The van der Waals surface area contributed by atoms with Crippen molar-refractivity contribution in [3.8, 4) is 11.8 Å². The average Bonchev–Trinajstić information content (AvgIpc) is 2.52. The minimum atomic E-state index is 0.233. The van der Waals surface area contributed by atoms with Crippen molar-refractivity contribution in [2.45, 2.75) is 19.6 Å². The summed E-state index contributed by atoms with van der Waals surface area (Å²) in [6, 6.07) is 17.9. The Kier molecular flexibility index (Phi) is 4.75. The molecule has 3 nitrogen and oxygen atoms in total. The zero-order valence-corrected chi connectivity index (χ0v) is 11.8. The van der Waals surface area contributed by atoms with Crippen LogP contribution in [0.4, 0.5) is 0 Å². The number of benzene rings is 2. The summed E-state index contributed by atoms with van der Waals surface area (Å²) in [5.74, 6) is 0.872. The molecule has 0 saturated heterocycles. The van der Waals surface area contributed by atoms with Crippen molar-refractivity contribution in [1.29, 1.82) is 5.26 Å². The summed E-state index contributed by atoms with van der Waals surface area (Å²) in [6.07, 6.45) is 0. The molecule has 0 aliphatic heterocycles. The molecule has 0 amide bonds. The van der Waals surface area contributed by atoms with Crippen molar-refractivity contribution in [3.05, 3.63) is 65.2 Å². The van der Waals surface area contributed by atoms with Gasteiger partial charge in [0.15, 0.2) is 0 Å². The maximum atomic E-state index is 8.90. The molecular formula is C17H18N2O. The fraction of sp³-hybridized carbons (Fsp3) is 0.235. The predicted octanol–water partition coefficient (Wildman–Crippen LogP) is 3.42. The van der Waals surface area contributed by atoms with Crippen molar-refractivity contribution in [2.24, 2.45) is 0 Å². The van der Waals surface area contributed by atoms with Crippen LogP contribution < -0.4 is 10.1 Å². The van der Waals surface area contributed by atoms with Crippen molar-refractivity contribution in [3.63, 3.8) is 0 Å². The Morgan fingerprint density at radius 1 is 1.20 bits per heavy atom. The van der Waals surface area contributed by atoms with Gasteiger partial charge in [-0.25, -0.2) is 0 Å². The van der Waals surface area contributed by atoms with Gasteiger partial charge in [-0.05, 0) is 37.7 Å². The predicted molar refractivity (Wildman–Crippen MR) is 79.4 cm³/mol. The molecule has 2 aromatic carbocycles. The Bertz CT molecular complexity index is 616. The lowest BCUT2D eigenvalue weighted by Gasteiger charge is -2.16. The van der Waals surface area contributed by atoms with Gasteiger partial charge in [-0.2, -0.15) is 5.26 Å². The van der Waals surface area contributed by atoms with Crippen LogP contribution in [0.3, 0.4) is 0 Å². The van der Waals surface area contributed by atoms with E-state index >= 15 is 0 Å². The highest BCUT2D eigenvalue weighted by atomic mass is 16.5. The van der Waals surface area contributed by atoms with Crippen LogP contribution in [-0.4, -0.2) is 7.05 Å². The lowest BCUT2D eigenvalue weighted by atomic mass is 10.1. The molecule has 1 atom stereocenters. The van der Waals surface area contributed by atoms with Crippen LogP contribution in [0.2, 0.25) is 0 Å². The van der Waals surface area contributed by atoms with Gasteiger partial charge in [0.2, 0.25) is 0 Å². The van der Waals surface area contributed by atoms with Gasteiger partial charge in [0, 0.05) is 11.6 Å². The first-order chi connectivity index (χ1) is 9.74. The van der Waals surface area contributed by atoms with Gasteiger partial charge in [0.25, 0.3) is 0 Å². The molecule has 0 fully saturated rings. The fourth-order valence-electron chi connectivity index (χ4n) is 2.02. The SMILES string of the molecule is CNC(C)c1ccccc1OCc1cccc(C#N)c1. The molecule has 0 saturated carbocycles. The van der Waals surface area contributed by atoms with E-state index in [4.69, 9.17) is 10.00 Å². The van der Waals surface area contributed by atoms with Gasteiger partial charge in [0.05, 0.1) is 11.6 Å². The van der Waals surface area contributed by atoms with Crippen LogP contribution in [-0.2, 0) is 6.61 Å². The number of nitriles is 1. The Hall–Kier alpha value is -2.31. The lowest BCUT2D eigenvalue weighted by Crippen LogP contribution is -2.13. The standard InChI is InChI=1S/C17H18N2O/c1-13(19-2)16-8-3-4-9-17(16)20-12-15-7-5-6-14(10-15)11-18/h3-10,13,19H,12H2,1-2H3. The highest BCUT2D eigenvalue weighted by Crippen LogP contribution is 2.25. The van der Waals surface area contributed by atoms with Crippen molar-refractivity contribution < 1.29 is 4.74 Å². The minimum absolute atomic E-state index is 0.233. The summed E-state index contributed by atoms with van der Waals surface area (Å²) in [6.45, 7) is 2.56. The molecule has 102 valence electrons. The minimum Gasteiger partial charge on any atom is -0.489 e. The molecule has 3 heteroatoms. The van der Waals surface area contributed by atoms with Gasteiger partial charge in [-0.3, -0.25) is 0 Å². The number of para-hydroxylation sites is 1. The highest BCUT2D eigenvalue weighted by molar-refractivity contribution is 5.36. The van der Waals surface area contributed by atoms with Gasteiger partial charge < -0.3 is 10.1 Å². The topological polar surface area (TPSA) is 45.0 Å². The normalized spacial score (nSPS) is 11.7. The molecule has 2 aromatic rings. The van der Waals surface area contributed by atoms with Crippen molar-refractivity contribution >= 4 is 0 Å². The summed E-state index contributed by atoms with van der Waals surface area (Å²) in [5, 5.41) is 12.1. The van der Waals surface area contributed by atoms with Crippen molar-refractivity contribution in [2.75, 3.05) is 7.05 Å². The van der Waals surface area contributed by atoms with E-state index in [-0.39, 0.29) is 6.04 Å². The Morgan fingerprint density at radius 2 is 2.00 bits per heavy atom. The summed E-state index contributed by atoms with van der Waals surface area (Å²) in [7, 11) is 1.93. The van der Waals surface area contributed by atoms with Crippen LogP contribution in [0.5, 0.6) is 5.75 Å². The first-order valence-electron chi connectivity index (χ1n) is 6.62. The molecular weight excluding hydrogens is 248 g/mol. The van der Waals surface area contributed by atoms with Gasteiger partial charge in [0.1, 0.15) is 12.4 Å². The molecule has 0 spiro atoms. The Labute approximate surface area is 119 Å². The zero-order valence-electron chi connectivity index (χ0n) is 11.8. The molecule has 0 heterocycles. The van der Waals surface area contributed by atoms with E-state index < -0.39 is 0 Å². The molecule has 0 aliphatic carbocycles. The third-order valence-electron chi connectivity index (χ3n) is 3.27. The first-order valence-corrected chi connectivity index (χ1v) is 6.62. The van der Waals surface area contributed by atoms with Crippen LogP contribution in [0.15, 0.2) is 48.5 Å². The van der Waals surface area contributed by atoms with E-state index in [1.54, 1.807) is 6.07 Å². The highest BCUT2D eigenvalue weighted by Gasteiger charge is 2.09. The fourth-order valence-corrected chi connectivity index (χ4v) is 2.02. The number of hydrogen-bond donors (Lipinski definition) is 1. The largest absolute Gasteiger partial charge is 0.489 e. The Balaban J connectivity index is 2.13. The van der Waals surface area contributed by atoms with Crippen LogP contribution in [0.1, 0.15) is 29.7 Å². The molecule has 2 rings (SSSR count). The van der Waals surface area contributed by atoms with Crippen LogP contribution in [0, 0.1) is 11.3 Å². The summed E-state index contributed by atoms with van der Waals surface area (Å²) >= 11 is 0. The summed E-state index contributed by atoms with van der Waals surface area (Å²) in [5.41, 5.74) is 2.78. The molecule has 0 radical (unpaired) electrons. The second-order valence-corrected chi connectivity index (χ2v) is 4.65. The average molecular weight is 266 g/mol. The molecule has 1 N–H and O–H groups in total. The lowest BCUT2D eigenvalue weighted by molar-refractivity contribution is 0.300. The monoisotopic (exact) mass is 266 g/mol. The molecule has 0 aromatic heterocycles. The number of nitrogens with zero attached hydrogens (tertiary/aromatic N) is 1. The number of rotatable bonds is 5. The second-order valence-electron chi connectivity index (χ2n) is 4.65. The second kappa shape index (κ2) is 6.74. The maximum Gasteiger partial charge on any atom is 0.124 e. The van der Waals surface area contributed by atoms with E-state index in [9.17, 15) is 0 Å². The van der Waals surface area contributed by atoms with Crippen LogP contribution >= 0.6 is 0 Å². The number of nitrogens with one attached hydrogen (secondary N) is 1. The molecule has 0 aliphatic rings. The van der Waals surface area contributed by atoms with Gasteiger partial charge in [-0.15, -0.1) is 0 Å².